The summed E-state index contributed by atoms with van der Waals surface area (Å²) in [7, 11) is 0. The Morgan fingerprint density at radius 3 is 2.11 bits per heavy atom. The van der Waals surface area contributed by atoms with Crippen LogP contribution in [0.1, 0.15) is 6.92 Å². The topological polar surface area (TPSA) is 104 Å². The zero-order valence-electron chi connectivity index (χ0n) is 4.90. The zero-order valence-corrected chi connectivity index (χ0v) is 4.90. The lowest BCUT2D eigenvalue weighted by molar-refractivity contribution is -0.169. The van der Waals surface area contributed by atoms with Crippen molar-refractivity contribution in [2.24, 2.45) is 5.73 Å². The van der Waals surface area contributed by atoms with Gasteiger partial charge in [0.1, 0.15) is 6.10 Å². The van der Waals surface area contributed by atoms with Crippen molar-refractivity contribution in [1.29, 1.82) is 0 Å². The van der Waals surface area contributed by atoms with Gasteiger partial charge in [-0.2, -0.15) is 0 Å². The molecule has 0 aromatic rings. The maximum absolute atomic E-state index is 9.93. The fourth-order valence-electron chi connectivity index (χ4n) is 0.179. The number of carboxylic acid groups (broad SMARTS) is 1. The average molecular weight is 135 g/mol. The van der Waals surface area contributed by atoms with Crippen molar-refractivity contribution in [3.8, 4) is 0 Å². The van der Waals surface area contributed by atoms with Crippen LogP contribution in [-0.4, -0.2) is 33.1 Å². The molecule has 1 unspecified atom stereocenters. The van der Waals surface area contributed by atoms with Gasteiger partial charge in [-0.3, -0.25) is 5.73 Å². The first kappa shape index (κ1) is 8.35. The Morgan fingerprint density at radius 1 is 1.78 bits per heavy atom. The summed E-state index contributed by atoms with van der Waals surface area (Å²) < 4.78 is 0. The van der Waals surface area contributed by atoms with E-state index in [1.165, 1.54) is 0 Å². The monoisotopic (exact) mass is 135 g/mol. The van der Waals surface area contributed by atoms with Gasteiger partial charge in [0.05, 0.1) is 0 Å². The first-order chi connectivity index (χ1) is 3.89. The van der Waals surface area contributed by atoms with Crippen LogP contribution >= 0.6 is 0 Å². The molecule has 2 atom stereocenters. The maximum Gasteiger partial charge on any atom is 0.353 e. The summed E-state index contributed by atoms with van der Waals surface area (Å²) in [6.45, 7) is 1.09. The van der Waals surface area contributed by atoms with Crippen molar-refractivity contribution in [3.63, 3.8) is 0 Å². The Bertz CT molecular complexity index is 120. The van der Waals surface area contributed by atoms with Crippen molar-refractivity contribution in [3.05, 3.63) is 0 Å². The molecule has 0 amide bonds. The van der Waals surface area contributed by atoms with Gasteiger partial charge in [0.15, 0.2) is 0 Å². The highest BCUT2D eigenvalue weighted by Gasteiger charge is 2.36. The summed E-state index contributed by atoms with van der Waals surface area (Å²) in [4.78, 5) is 9.93. The SMILES string of the molecule is CC(O)[C@@](N)(O)C(=O)O. The highest BCUT2D eigenvalue weighted by atomic mass is 16.4. The number of hydrogen-bond acceptors (Lipinski definition) is 4. The standard InChI is InChI=1S/C4H9NO4/c1-2(6)4(5,9)3(7)8/h2,6,9H,5H2,1H3,(H,7,8)/t2?,4-/m1/s1. The molecule has 9 heavy (non-hydrogen) atoms. The summed E-state index contributed by atoms with van der Waals surface area (Å²) in [5.41, 5.74) is 2.18. The molecule has 0 saturated carbocycles. The lowest BCUT2D eigenvalue weighted by Gasteiger charge is -2.19. The number of rotatable bonds is 2. The van der Waals surface area contributed by atoms with E-state index in [9.17, 15) is 4.79 Å². The Morgan fingerprint density at radius 2 is 2.11 bits per heavy atom. The number of carboxylic acids is 1. The van der Waals surface area contributed by atoms with Gasteiger partial charge in [-0.25, -0.2) is 4.79 Å². The van der Waals surface area contributed by atoms with E-state index < -0.39 is 17.8 Å². The number of aliphatic hydroxyl groups excluding tert-OH is 1. The average Bonchev–Trinajstić information content (AvgIpc) is 1.65. The Balaban J connectivity index is 4.19. The third-order valence-electron chi connectivity index (χ3n) is 0.980. The van der Waals surface area contributed by atoms with Gasteiger partial charge in [0.2, 0.25) is 5.72 Å². The van der Waals surface area contributed by atoms with Gasteiger partial charge < -0.3 is 15.3 Å². The minimum Gasteiger partial charge on any atom is -0.478 e. The van der Waals surface area contributed by atoms with Gasteiger partial charge in [0.25, 0.3) is 0 Å². The second-order valence-electron chi connectivity index (χ2n) is 1.81. The summed E-state index contributed by atoms with van der Waals surface area (Å²) in [6.07, 6.45) is -1.48. The molecule has 0 fully saturated rings. The molecule has 0 aliphatic heterocycles. The van der Waals surface area contributed by atoms with Gasteiger partial charge >= 0.3 is 5.97 Å². The normalized spacial score (nSPS) is 20.4. The van der Waals surface area contributed by atoms with Crippen molar-refractivity contribution in [2.45, 2.75) is 18.8 Å². The summed E-state index contributed by atoms with van der Waals surface area (Å²) in [5, 5.41) is 25.2. The molecular weight excluding hydrogens is 126 g/mol. The number of aliphatic hydroxyl groups is 2. The van der Waals surface area contributed by atoms with Crippen LogP contribution in [0.25, 0.3) is 0 Å². The minimum absolute atomic E-state index is 1.09. The van der Waals surface area contributed by atoms with E-state index >= 15 is 0 Å². The van der Waals surface area contributed by atoms with Crippen LogP contribution in [0.2, 0.25) is 0 Å². The summed E-state index contributed by atoms with van der Waals surface area (Å²) in [6, 6.07) is 0. The van der Waals surface area contributed by atoms with E-state index in [4.69, 9.17) is 21.1 Å². The van der Waals surface area contributed by atoms with Crippen LogP contribution < -0.4 is 5.73 Å². The van der Waals surface area contributed by atoms with Gasteiger partial charge in [-0.05, 0) is 6.92 Å². The van der Waals surface area contributed by atoms with E-state index in [1.54, 1.807) is 0 Å². The molecule has 0 bridgehead atoms. The van der Waals surface area contributed by atoms with Crippen molar-refractivity contribution >= 4 is 5.97 Å². The third-order valence-corrected chi connectivity index (χ3v) is 0.980. The second-order valence-corrected chi connectivity index (χ2v) is 1.81. The molecule has 5 nitrogen and oxygen atoms in total. The fraction of sp³-hybridized carbons (Fsp3) is 0.750. The molecular formula is C4H9NO4. The molecule has 0 aliphatic rings. The Hall–Kier alpha value is -0.650. The molecule has 0 aromatic carbocycles. The minimum atomic E-state index is -2.53. The molecule has 0 radical (unpaired) electrons. The highest BCUT2D eigenvalue weighted by molar-refractivity contribution is 5.76. The third kappa shape index (κ3) is 1.63. The number of carbonyl (C=O) groups is 1. The van der Waals surface area contributed by atoms with Crippen LogP contribution in [0.15, 0.2) is 0 Å². The van der Waals surface area contributed by atoms with Crippen LogP contribution in [0.4, 0.5) is 0 Å². The van der Waals surface area contributed by atoms with E-state index in [2.05, 4.69) is 0 Å². The van der Waals surface area contributed by atoms with Gasteiger partial charge in [-0.1, -0.05) is 0 Å². The molecule has 0 spiro atoms. The largest absolute Gasteiger partial charge is 0.478 e. The number of aliphatic carboxylic acids is 1. The molecule has 0 aromatic heterocycles. The van der Waals surface area contributed by atoms with E-state index in [0.717, 1.165) is 6.92 Å². The van der Waals surface area contributed by atoms with Crippen LogP contribution in [0.3, 0.4) is 0 Å². The fourth-order valence-corrected chi connectivity index (χ4v) is 0.179. The van der Waals surface area contributed by atoms with E-state index in [0.29, 0.717) is 0 Å². The molecule has 0 heterocycles. The Labute approximate surface area is 51.7 Å². The number of hydrogen-bond donors (Lipinski definition) is 4. The van der Waals surface area contributed by atoms with Gasteiger partial charge in [-0.15, -0.1) is 0 Å². The first-order valence-corrected chi connectivity index (χ1v) is 2.31. The van der Waals surface area contributed by atoms with Crippen LogP contribution in [0, 0.1) is 0 Å². The van der Waals surface area contributed by atoms with Crippen molar-refractivity contribution < 1.29 is 20.1 Å². The second kappa shape index (κ2) is 2.30. The molecule has 54 valence electrons. The van der Waals surface area contributed by atoms with Crippen molar-refractivity contribution in [1.82, 2.24) is 0 Å². The first-order valence-electron chi connectivity index (χ1n) is 2.31. The Kier molecular flexibility index (Phi) is 2.13. The predicted octanol–water partition coefficient (Wildman–Crippen LogP) is -1.90. The molecule has 0 aliphatic carbocycles. The number of nitrogens with two attached hydrogens (primary N) is 1. The quantitative estimate of drug-likeness (QED) is 0.331. The molecule has 0 rings (SSSR count). The van der Waals surface area contributed by atoms with Crippen molar-refractivity contribution in [2.75, 3.05) is 0 Å². The lowest BCUT2D eigenvalue weighted by atomic mass is 10.1. The predicted molar refractivity (Wildman–Crippen MR) is 28.5 cm³/mol. The molecule has 5 N–H and O–H groups in total. The highest BCUT2D eigenvalue weighted by Crippen LogP contribution is 2.00. The van der Waals surface area contributed by atoms with Crippen LogP contribution in [0.5, 0.6) is 0 Å². The maximum atomic E-state index is 9.93. The molecule has 5 heteroatoms. The lowest BCUT2D eigenvalue weighted by Crippen LogP contribution is -2.56. The van der Waals surface area contributed by atoms with Gasteiger partial charge in [0, 0.05) is 0 Å². The molecule has 0 saturated heterocycles. The summed E-state index contributed by atoms with van der Waals surface area (Å²) >= 11 is 0. The van der Waals surface area contributed by atoms with E-state index in [1.807, 2.05) is 0 Å². The van der Waals surface area contributed by atoms with E-state index in [-0.39, 0.29) is 0 Å². The summed E-state index contributed by atoms with van der Waals surface area (Å²) in [5.74, 6) is -1.64. The smallest absolute Gasteiger partial charge is 0.353 e. The van der Waals surface area contributed by atoms with Crippen LogP contribution in [-0.2, 0) is 4.79 Å². The zero-order chi connectivity index (χ0) is 7.65.